The molecule has 0 atom stereocenters. The smallest absolute Gasteiger partial charge is 0.339 e. The maximum atomic E-state index is 11.4. The Balaban J connectivity index is 2.14. The van der Waals surface area contributed by atoms with Crippen LogP contribution in [0.1, 0.15) is 15.9 Å². The van der Waals surface area contributed by atoms with E-state index in [1.807, 2.05) is 37.3 Å². The van der Waals surface area contributed by atoms with Gasteiger partial charge in [-0.25, -0.2) is 4.79 Å². The summed E-state index contributed by atoms with van der Waals surface area (Å²) in [7, 11) is 0. The van der Waals surface area contributed by atoms with E-state index in [1.165, 1.54) is 0 Å². The van der Waals surface area contributed by atoms with Crippen LogP contribution in [-0.4, -0.2) is 24.3 Å². The standard InChI is InChI=1S/C16H14O4/c1-10-2-4-11(5-3-10)12-8-13(16(17)18)15-14(9-12)19-6-7-20-15/h2-5,8-9H,6-7H2,1H3,(H,17,18). The number of fused-ring (bicyclic) bond motifs is 1. The molecule has 0 spiro atoms. The van der Waals surface area contributed by atoms with Crippen molar-refractivity contribution in [2.75, 3.05) is 13.2 Å². The Morgan fingerprint density at radius 1 is 1.05 bits per heavy atom. The minimum Gasteiger partial charge on any atom is -0.486 e. The van der Waals surface area contributed by atoms with Gasteiger partial charge in [-0.3, -0.25) is 0 Å². The van der Waals surface area contributed by atoms with Crippen molar-refractivity contribution in [3.8, 4) is 22.6 Å². The van der Waals surface area contributed by atoms with E-state index >= 15 is 0 Å². The topological polar surface area (TPSA) is 55.8 Å². The Morgan fingerprint density at radius 3 is 2.45 bits per heavy atom. The number of rotatable bonds is 2. The SMILES string of the molecule is Cc1ccc(-c2cc3c(c(C(=O)O)c2)OCCO3)cc1. The summed E-state index contributed by atoms with van der Waals surface area (Å²) < 4.78 is 10.9. The van der Waals surface area contributed by atoms with Gasteiger partial charge >= 0.3 is 5.97 Å². The van der Waals surface area contributed by atoms with Crippen LogP contribution in [0.3, 0.4) is 0 Å². The molecular weight excluding hydrogens is 256 g/mol. The van der Waals surface area contributed by atoms with Crippen molar-refractivity contribution in [1.82, 2.24) is 0 Å². The zero-order chi connectivity index (χ0) is 14.1. The van der Waals surface area contributed by atoms with Crippen LogP contribution in [0.15, 0.2) is 36.4 Å². The molecule has 0 saturated carbocycles. The van der Waals surface area contributed by atoms with Crippen LogP contribution < -0.4 is 9.47 Å². The van der Waals surface area contributed by atoms with E-state index < -0.39 is 5.97 Å². The number of carbonyl (C=O) groups is 1. The first-order valence-electron chi connectivity index (χ1n) is 6.39. The molecule has 0 amide bonds. The molecular formula is C16H14O4. The second kappa shape index (κ2) is 4.89. The molecule has 2 aromatic rings. The molecule has 0 unspecified atom stereocenters. The Kier molecular flexibility index (Phi) is 3.06. The second-order valence-corrected chi connectivity index (χ2v) is 4.72. The minimum atomic E-state index is -1.01. The molecule has 4 heteroatoms. The predicted octanol–water partition coefficient (Wildman–Crippen LogP) is 3.13. The molecule has 0 bridgehead atoms. The van der Waals surface area contributed by atoms with E-state index in [0.717, 1.165) is 16.7 Å². The van der Waals surface area contributed by atoms with E-state index in [2.05, 4.69) is 0 Å². The molecule has 1 aliphatic heterocycles. The lowest BCUT2D eigenvalue weighted by atomic mass is 10.0. The highest BCUT2D eigenvalue weighted by Gasteiger charge is 2.22. The third kappa shape index (κ3) is 2.20. The molecule has 1 heterocycles. The maximum absolute atomic E-state index is 11.4. The Hall–Kier alpha value is -2.49. The molecule has 4 nitrogen and oxygen atoms in total. The fourth-order valence-corrected chi connectivity index (χ4v) is 2.23. The van der Waals surface area contributed by atoms with Crippen molar-refractivity contribution in [3.05, 3.63) is 47.5 Å². The summed E-state index contributed by atoms with van der Waals surface area (Å²) in [4.78, 5) is 11.4. The number of carboxylic acids is 1. The van der Waals surface area contributed by atoms with Gasteiger partial charge in [-0.15, -0.1) is 0 Å². The van der Waals surface area contributed by atoms with Gasteiger partial charge in [0.1, 0.15) is 18.8 Å². The zero-order valence-corrected chi connectivity index (χ0v) is 11.1. The molecule has 2 aromatic carbocycles. The first-order valence-corrected chi connectivity index (χ1v) is 6.39. The summed E-state index contributed by atoms with van der Waals surface area (Å²) in [5.41, 5.74) is 3.06. The maximum Gasteiger partial charge on any atom is 0.339 e. The summed E-state index contributed by atoms with van der Waals surface area (Å²) in [5.74, 6) is -0.202. The van der Waals surface area contributed by atoms with Gasteiger partial charge in [-0.1, -0.05) is 29.8 Å². The summed E-state index contributed by atoms with van der Waals surface area (Å²) in [5, 5.41) is 9.32. The predicted molar refractivity (Wildman–Crippen MR) is 74.6 cm³/mol. The van der Waals surface area contributed by atoms with Crippen LogP contribution in [0.2, 0.25) is 0 Å². The number of ether oxygens (including phenoxy) is 2. The molecule has 3 rings (SSSR count). The van der Waals surface area contributed by atoms with Crippen LogP contribution in [-0.2, 0) is 0 Å². The van der Waals surface area contributed by atoms with Crippen LogP contribution in [0.25, 0.3) is 11.1 Å². The second-order valence-electron chi connectivity index (χ2n) is 4.72. The summed E-state index contributed by atoms with van der Waals surface area (Å²) in [6.07, 6.45) is 0. The number of hydrogen-bond acceptors (Lipinski definition) is 3. The number of carboxylic acid groups (broad SMARTS) is 1. The van der Waals surface area contributed by atoms with Crippen molar-refractivity contribution < 1.29 is 19.4 Å². The number of benzene rings is 2. The average Bonchev–Trinajstić information content (AvgIpc) is 2.46. The summed E-state index contributed by atoms with van der Waals surface area (Å²) in [6, 6.07) is 11.4. The lowest BCUT2D eigenvalue weighted by molar-refractivity contribution is 0.0686. The highest BCUT2D eigenvalue weighted by Crippen LogP contribution is 2.38. The van der Waals surface area contributed by atoms with E-state index in [1.54, 1.807) is 6.07 Å². The van der Waals surface area contributed by atoms with Crippen LogP contribution in [0, 0.1) is 6.92 Å². The Labute approximate surface area is 116 Å². The molecule has 0 aliphatic carbocycles. The lowest BCUT2D eigenvalue weighted by Crippen LogP contribution is -2.18. The van der Waals surface area contributed by atoms with Crippen molar-refractivity contribution in [3.63, 3.8) is 0 Å². The molecule has 102 valence electrons. The van der Waals surface area contributed by atoms with Gasteiger partial charge < -0.3 is 14.6 Å². The van der Waals surface area contributed by atoms with Crippen LogP contribution >= 0.6 is 0 Å². The Bertz CT molecular complexity index is 659. The van der Waals surface area contributed by atoms with Crippen LogP contribution in [0.5, 0.6) is 11.5 Å². The third-order valence-corrected chi connectivity index (χ3v) is 3.26. The zero-order valence-electron chi connectivity index (χ0n) is 11.1. The summed E-state index contributed by atoms with van der Waals surface area (Å²) in [6.45, 7) is 2.82. The number of aryl methyl sites for hydroxylation is 1. The van der Waals surface area contributed by atoms with Crippen molar-refractivity contribution in [2.45, 2.75) is 6.92 Å². The first kappa shape index (κ1) is 12.5. The molecule has 0 radical (unpaired) electrons. The van der Waals surface area contributed by atoms with Crippen LogP contribution in [0.4, 0.5) is 0 Å². The largest absolute Gasteiger partial charge is 0.486 e. The fourth-order valence-electron chi connectivity index (χ4n) is 2.23. The van der Waals surface area contributed by atoms with Gasteiger partial charge in [0, 0.05) is 0 Å². The lowest BCUT2D eigenvalue weighted by Gasteiger charge is -2.21. The van der Waals surface area contributed by atoms with Gasteiger partial charge in [0.05, 0.1) is 0 Å². The van der Waals surface area contributed by atoms with Gasteiger partial charge in [-0.2, -0.15) is 0 Å². The number of hydrogen-bond donors (Lipinski definition) is 1. The Morgan fingerprint density at radius 2 is 1.75 bits per heavy atom. The molecule has 0 fully saturated rings. The van der Waals surface area contributed by atoms with Crippen molar-refractivity contribution in [2.24, 2.45) is 0 Å². The van der Waals surface area contributed by atoms with E-state index in [4.69, 9.17) is 9.47 Å². The normalized spacial score (nSPS) is 13.1. The molecule has 0 aromatic heterocycles. The minimum absolute atomic E-state index is 0.137. The molecule has 20 heavy (non-hydrogen) atoms. The molecule has 0 saturated heterocycles. The van der Waals surface area contributed by atoms with E-state index in [0.29, 0.717) is 24.7 Å². The third-order valence-electron chi connectivity index (χ3n) is 3.26. The van der Waals surface area contributed by atoms with Crippen molar-refractivity contribution >= 4 is 5.97 Å². The van der Waals surface area contributed by atoms with Gasteiger partial charge in [0.25, 0.3) is 0 Å². The molecule has 1 N–H and O–H groups in total. The fraction of sp³-hybridized carbons (Fsp3) is 0.188. The number of aromatic carboxylic acids is 1. The van der Waals surface area contributed by atoms with E-state index in [9.17, 15) is 9.90 Å². The molecule has 1 aliphatic rings. The summed E-state index contributed by atoms with van der Waals surface area (Å²) >= 11 is 0. The highest BCUT2D eigenvalue weighted by atomic mass is 16.6. The first-order chi connectivity index (χ1) is 9.65. The van der Waals surface area contributed by atoms with Crippen molar-refractivity contribution in [1.29, 1.82) is 0 Å². The van der Waals surface area contributed by atoms with Gasteiger partial charge in [0.15, 0.2) is 11.5 Å². The van der Waals surface area contributed by atoms with E-state index in [-0.39, 0.29) is 5.56 Å². The van der Waals surface area contributed by atoms with Gasteiger partial charge in [-0.05, 0) is 30.2 Å². The quantitative estimate of drug-likeness (QED) is 0.910. The highest BCUT2D eigenvalue weighted by molar-refractivity contribution is 5.94. The monoisotopic (exact) mass is 270 g/mol. The average molecular weight is 270 g/mol. The van der Waals surface area contributed by atoms with Gasteiger partial charge in [0.2, 0.25) is 0 Å².